The maximum atomic E-state index is 12.6. The molecule has 4 heterocycles. The highest BCUT2D eigenvalue weighted by Gasteiger charge is 2.22. The molecule has 8 nitrogen and oxygen atoms in total. The minimum atomic E-state index is -0.0899. The SMILES string of the molecule is CN(C)c1ncc(CNc2ccc3c(c2)Sc2cccc(-c4cc(N5CCOCC5)cc(=O)[nH]4)c2S3)cn1. The second-order valence-electron chi connectivity index (χ2n) is 9.35. The first-order chi connectivity index (χ1) is 18.5. The van der Waals surface area contributed by atoms with Gasteiger partial charge in [0.2, 0.25) is 11.5 Å². The van der Waals surface area contributed by atoms with Gasteiger partial charge in [0, 0.05) is 94.3 Å². The molecule has 2 aromatic carbocycles. The Morgan fingerprint density at radius 2 is 1.82 bits per heavy atom. The third kappa shape index (κ3) is 5.24. The van der Waals surface area contributed by atoms with Crippen molar-refractivity contribution in [3.63, 3.8) is 0 Å². The molecule has 0 aliphatic carbocycles. The summed E-state index contributed by atoms with van der Waals surface area (Å²) in [5, 5.41) is 3.50. The van der Waals surface area contributed by atoms with Crippen molar-refractivity contribution in [3.05, 3.63) is 76.8 Å². The first kappa shape index (κ1) is 24.8. The lowest BCUT2D eigenvalue weighted by atomic mass is 10.1. The number of hydrogen-bond acceptors (Lipinski definition) is 9. The van der Waals surface area contributed by atoms with E-state index in [-0.39, 0.29) is 5.56 Å². The highest BCUT2D eigenvalue weighted by atomic mass is 32.2. The molecule has 0 unspecified atom stereocenters. The van der Waals surface area contributed by atoms with Crippen LogP contribution in [0.25, 0.3) is 11.3 Å². The molecule has 0 saturated carbocycles. The Morgan fingerprint density at radius 1 is 1.00 bits per heavy atom. The van der Waals surface area contributed by atoms with Gasteiger partial charge in [-0.25, -0.2) is 9.97 Å². The molecule has 1 fully saturated rings. The van der Waals surface area contributed by atoms with Crippen LogP contribution in [-0.2, 0) is 11.3 Å². The molecule has 2 aliphatic rings. The van der Waals surface area contributed by atoms with E-state index in [0.29, 0.717) is 25.7 Å². The first-order valence-electron chi connectivity index (χ1n) is 12.5. The summed E-state index contributed by atoms with van der Waals surface area (Å²) in [5.41, 5.74) is 4.81. The predicted molar refractivity (Wildman–Crippen MR) is 154 cm³/mol. The van der Waals surface area contributed by atoms with Crippen LogP contribution in [-0.4, -0.2) is 55.4 Å². The molecule has 194 valence electrons. The van der Waals surface area contributed by atoms with Crippen LogP contribution >= 0.6 is 23.5 Å². The van der Waals surface area contributed by atoms with E-state index in [9.17, 15) is 4.79 Å². The number of H-pyrrole nitrogens is 1. The highest BCUT2D eigenvalue weighted by Crippen LogP contribution is 2.52. The fourth-order valence-corrected chi connectivity index (χ4v) is 6.89. The average Bonchev–Trinajstić information content (AvgIpc) is 2.95. The zero-order chi connectivity index (χ0) is 26.1. The summed E-state index contributed by atoms with van der Waals surface area (Å²) < 4.78 is 5.49. The van der Waals surface area contributed by atoms with Crippen molar-refractivity contribution in [1.29, 1.82) is 0 Å². The Balaban J connectivity index is 1.22. The summed E-state index contributed by atoms with van der Waals surface area (Å²) in [7, 11) is 3.86. The number of morpholine rings is 1. The van der Waals surface area contributed by atoms with Crippen molar-refractivity contribution in [2.45, 2.75) is 26.1 Å². The van der Waals surface area contributed by atoms with E-state index in [2.05, 4.69) is 67.6 Å². The molecule has 38 heavy (non-hydrogen) atoms. The molecule has 0 amide bonds. The molecule has 0 bridgehead atoms. The first-order valence-corrected chi connectivity index (χ1v) is 14.1. The summed E-state index contributed by atoms with van der Waals surface area (Å²) in [4.78, 5) is 33.3. The van der Waals surface area contributed by atoms with E-state index in [1.807, 2.05) is 31.4 Å². The van der Waals surface area contributed by atoms with Crippen molar-refractivity contribution in [2.75, 3.05) is 55.5 Å². The molecule has 2 aromatic heterocycles. The zero-order valence-corrected chi connectivity index (χ0v) is 22.9. The quantitative estimate of drug-likeness (QED) is 0.308. The van der Waals surface area contributed by atoms with Gasteiger partial charge in [-0.05, 0) is 30.3 Å². The van der Waals surface area contributed by atoms with Gasteiger partial charge in [-0.1, -0.05) is 35.7 Å². The fraction of sp³-hybridized carbons (Fsp3) is 0.250. The van der Waals surface area contributed by atoms with Gasteiger partial charge in [-0.3, -0.25) is 4.79 Å². The van der Waals surface area contributed by atoms with Crippen LogP contribution in [0.15, 0.2) is 85.3 Å². The van der Waals surface area contributed by atoms with Crippen molar-refractivity contribution in [3.8, 4) is 11.3 Å². The summed E-state index contributed by atoms with van der Waals surface area (Å²) in [6, 6.07) is 16.5. The molecule has 2 aliphatic heterocycles. The molecule has 0 spiro atoms. The molecule has 2 N–H and O–H groups in total. The van der Waals surface area contributed by atoms with Gasteiger partial charge in [0.15, 0.2) is 0 Å². The number of nitrogens with one attached hydrogen (secondary N) is 2. The summed E-state index contributed by atoms with van der Waals surface area (Å²) in [6.07, 6.45) is 3.71. The second kappa shape index (κ2) is 10.7. The Labute approximate surface area is 229 Å². The van der Waals surface area contributed by atoms with Crippen LogP contribution in [0.3, 0.4) is 0 Å². The van der Waals surface area contributed by atoms with E-state index >= 15 is 0 Å². The van der Waals surface area contributed by atoms with Crippen LogP contribution in [0.2, 0.25) is 0 Å². The smallest absolute Gasteiger partial charge is 0.250 e. The van der Waals surface area contributed by atoms with Crippen LogP contribution in [0.4, 0.5) is 17.3 Å². The zero-order valence-electron chi connectivity index (χ0n) is 21.2. The number of hydrogen-bond donors (Lipinski definition) is 2. The van der Waals surface area contributed by atoms with Gasteiger partial charge in [-0.2, -0.15) is 0 Å². The van der Waals surface area contributed by atoms with Crippen molar-refractivity contribution < 1.29 is 4.74 Å². The van der Waals surface area contributed by atoms with Crippen molar-refractivity contribution in [1.82, 2.24) is 15.0 Å². The summed E-state index contributed by atoms with van der Waals surface area (Å²) in [6.45, 7) is 3.59. The van der Waals surface area contributed by atoms with Gasteiger partial charge in [-0.15, -0.1) is 0 Å². The molecule has 0 atom stereocenters. The second-order valence-corrected chi connectivity index (χ2v) is 11.5. The predicted octanol–water partition coefficient (Wildman–Crippen LogP) is 4.96. The highest BCUT2D eigenvalue weighted by molar-refractivity contribution is 8.05. The van der Waals surface area contributed by atoms with E-state index in [1.54, 1.807) is 29.6 Å². The van der Waals surface area contributed by atoms with Gasteiger partial charge < -0.3 is 24.8 Å². The van der Waals surface area contributed by atoms with Crippen LogP contribution in [0.1, 0.15) is 5.56 Å². The molecule has 10 heteroatoms. The fourth-order valence-electron chi connectivity index (χ4n) is 4.48. The molecule has 4 aromatic rings. The number of aromatic nitrogens is 3. The lowest BCUT2D eigenvalue weighted by Gasteiger charge is -2.29. The largest absolute Gasteiger partial charge is 0.381 e. The Bertz CT molecular complexity index is 1520. The third-order valence-electron chi connectivity index (χ3n) is 6.44. The van der Waals surface area contributed by atoms with Crippen LogP contribution in [0, 0.1) is 0 Å². The molecule has 6 rings (SSSR count). The minimum Gasteiger partial charge on any atom is -0.381 e. The van der Waals surface area contributed by atoms with Crippen LogP contribution in [0.5, 0.6) is 0 Å². The van der Waals surface area contributed by atoms with E-state index in [0.717, 1.165) is 41.3 Å². The molecular weight excluding hydrogens is 516 g/mol. The molecular formula is C28H28N6O2S2. The van der Waals surface area contributed by atoms with Gasteiger partial charge in [0.25, 0.3) is 0 Å². The number of fused-ring (bicyclic) bond motifs is 2. The molecule has 1 saturated heterocycles. The minimum absolute atomic E-state index is 0.0899. The normalized spacial score (nSPS) is 14.5. The Morgan fingerprint density at radius 3 is 2.61 bits per heavy atom. The van der Waals surface area contributed by atoms with E-state index in [4.69, 9.17) is 4.74 Å². The monoisotopic (exact) mass is 544 g/mol. The Hall–Kier alpha value is -3.47. The number of nitrogens with zero attached hydrogens (tertiary/aromatic N) is 4. The number of anilines is 3. The number of rotatable bonds is 6. The molecule has 0 radical (unpaired) electrons. The summed E-state index contributed by atoms with van der Waals surface area (Å²) >= 11 is 3.51. The number of pyridine rings is 1. The number of ether oxygens (including phenoxy) is 1. The van der Waals surface area contributed by atoms with Crippen molar-refractivity contribution in [2.24, 2.45) is 0 Å². The standard InChI is InChI=1S/C28H28N6O2S2/c1-33(2)28-30-16-18(17-31-28)15-29-19-6-7-23-25(12-19)37-24-5-3-4-21(27(24)38-23)22-13-20(14-26(35)32-22)34-8-10-36-11-9-34/h3-7,12-14,16-17,29H,8-11,15H2,1-2H3,(H,32,35). The topological polar surface area (TPSA) is 86.4 Å². The summed E-state index contributed by atoms with van der Waals surface area (Å²) in [5.74, 6) is 0.700. The lowest BCUT2D eigenvalue weighted by Crippen LogP contribution is -2.36. The number of benzene rings is 2. The number of aromatic amines is 1. The maximum Gasteiger partial charge on any atom is 0.250 e. The van der Waals surface area contributed by atoms with Gasteiger partial charge >= 0.3 is 0 Å². The Kier molecular flexibility index (Phi) is 7.01. The van der Waals surface area contributed by atoms with E-state index < -0.39 is 0 Å². The van der Waals surface area contributed by atoms with Gasteiger partial charge in [0.1, 0.15) is 0 Å². The van der Waals surface area contributed by atoms with Crippen molar-refractivity contribution >= 4 is 40.8 Å². The van der Waals surface area contributed by atoms with Gasteiger partial charge in [0.05, 0.1) is 18.9 Å². The maximum absolute atomic E-state index is 12.6. The van der Waals surface area contributed by atoms with E-state index in [1.165, 1.54) is 19.6 Å². The average molecular weight is 545 g/mol. The third-order valence-corrected chi connectivity index (χ3v) is 9.03. The van der Waals surface area contributed by atoms with Crippen LogP contribution < -0.4 is 20.7 Å². The lowest BCUT2D eigenvalue weighted by molar-refractivity contribution is 0.122.